The molecule has 3 aromatic rings. The van der Waals surface area contributed by atoms with Gasteiger partial charge in [-0.2, -0.15) is 0 Å². The van der Waals surface area contributed by atoms with Crippen molar-refractivity contribution in [1.29, 1.82) is 0 Å². The third-order valence-corrected chi connectivity index (χ3v) is 5.64. The monoisotopic (exact) mass is 460 g/mol. The van der Waals surface area contributed by atoms with Crippen molar-refractivity contribution in [2.24, 2.45) is 0 Å². The van der Waals surface area contributed by atoms with Crippen LogP contribution in [-0.2, 0) is 14.3 Å². The number of hydrogen-bond acceptors (Lipinski definition) is 6. The zero-order valence-corrected chi connectivity index (χ0v) is 17.8. The fourth-order valence-electron chi connectivity index (χ4n) is 4.08. The van der Waals surface area contributed by atoms with Crippen LogP contribution in [0.15, 0.2) is 78.9 Å². The molecule has 0 aliphatic carbocycles. The van der Waals surface area contributed by atoms with Crippen LogP contribution in [0.4, 0.5) is 0 Å². The van der Waals surface area contributed by atoms with Crippen LogP contribution in [0.3, 0.4) is 0 Å². The largest absolute Gasteiger partial charge is 0.478 e. The van der Waals surface area contributed by atoms with Crippen molar-refractivity contribution < 1.29 is 38.9 Å². The smallest absolute Gasteiger partial charge is 0.338 e. The van der Waals surface area contributed by atoms with Crippen LogP contribution >= 0.6 is 0 Å². The lowest BCUT2D eigenvalue weighted by molar-refractivity contribution is -0.123. The van der Waals surface area contributed by atoms with Crippen molar-refractivity contribution in [3.05, 3.63) is 107 Å². The minimum Gasteiger partial charge on any atom is -0.478 e. The summed E-state index contributed by atoms with van der Waals surface area (Å²) >= 11 is 0. The fourth-order valence-corrected chi connectivity index (χ4v) is 4.08. The summed E-state index contributed by atoms with van der Waals surface area (Å²) in [5, 5.41) is 19.2. The topological polar surface area (TPSA) is 127 Å². The lowest BCUT2D eigenvalue weighted by atomic mass is 9.85. The molecule has 0 radical (unpaired) electrons. The van der Waals surface area contributed by atoms with E-state index < -0.39 is 41.8 Å². The number of ketones is 1. The summed E-state index contributed by atoms with van der Waals surface area (Å²) in [6, 6.07) is 20.2. The van der Waals surface area contributed by atoms with E-state index in [9.17, 15) is 29.4 Å². The molecule has 0 aromatic heterocycles. The molecule has 1 fully saturated rings. The molecule has 1 aliphatic rings. The van der Waals surface area contributed by atoms with Crippen LogP contribution in [-0.4, -0.2) is 46.6 Å². The first-order valence-electron chi connectivity index (χ1n) is 10.4. The van der Waals surface area contributed by atoms with Gasteiger partial charge in [-0.1, -0.05) is 54.6 Å². The molecule has 8 nitrogen and oxygen atoms in total. The molecule has 1 unspecified atom stereocenters. The number of carboxylic acids is 2. The Hall–Kier alpha value is -4.30. The highest BCUT2D eigenvalue weighted by molar-refractivity contribution is 5.99. The molecule has 1 heterocycles. The van der Waals surface area contributed by atoms with E-state index in [1.54, 1.807) is 42.5 Å². The number of benzene rings is 3. The SMILES string of the molecule is O=C(OC[C@@H]1OC(c2ccccc2C(=O)O)C(=O)[C@@H]1c1ccccc1C(=O)O)c1ccccc1. The van der Waals surface area contributed by atoms with Crippen molar-refractivity contribution in [2.45, 2.75) is 18.1 Å². The Morgan fingerprint density at radius 3 is 1.91 bits per heavy atom. The summed E-state index contributed by atoms with van der Waals surface area (Å²) in [6.45, 7) is -0.330. The molecule has 0 amide bonds. The van der Waals surface area contributed by atoms with Gasteiger partial charge in [0, 0.05) is 5.56 Å². The first-order valence-corrected chi connectivity index (χ1v) is 10.4. The maximum atomic E-state index is 13.5. The molecule has 34 heavy (non-hydrogen) atoms. The van der Waals surface area contributed by atoms with Crippen LogP contribution in [0.5, 0.6) is 0 Å². The number of hydrogen-bond donors (Lipinski definition) is 2. The normalized spacial score (nSPS) is 19.5. The summed E-state index contributed by atoms with van der Waals surface area (Å²) in [5.41, 5.74) is 0.469. The summed E-state index contributed by atoms with van der Waals surface area (Å²) in [4.78, 5) is 49.5. The van der Waals surface area contributed by atoms with E-state index in [4.69, 9.17) is 9.47 Å². The molecule has 0 spiro atoms. The second kappa shape index (κ2) is 9.68. The van der Waals surface area contributed by atoms with Gasteiger partial charge >= 0.3 is 17.9 Å². The third kappa shape index (κ3) is 4.44. The van der Waals surface area contributed by atoms with Gasteiger partial charge in [0.15, 0.2) is 5.78 Å². The molecule has 1 saturated heterocycles. The van der Waals surface area contributed by atoms with Crippen LogP contribution < -0.4 is 0 Å². The molecule has 0 saturated carbocycles. The average Bonchev–Trinajstić information content (AvgIpc) is 3.18. The van der Waals surface area contributed by atoms with Gasteiger partial charge in [-0.15, -0.1) is 0 Å². The van der Waals surface area contributed by atoms with Crippen molar-refractivity contribution in [3.63, 3.8) is 0 Å². The average molecular weight is 460 g/mol. The Kier molecular flexibility index (Phi) is 6.51. The van der Waals surface area contributed by atoms with Gasteiger partial charge in [0.25, 0.3) is 0 Å². The van der Waals surface area contributed by atoms with Gasteiger partial charge in [0.2, 0.25) is 0 Å². The van der Waals surface area contributed by atoms with E-state index in [-0.39, 0.29) is 28.9 Å². The standard InChI is InChI=1S/C26H20O8/c27-22-21(16-10-4-6-12-18(16)24(28)29)20(14-33-26(32)15-8-2-1-3-9-15)34-23(22)17-11-5-7-13-19(17)25(30)31/h1-13,20-21,23H,14H2,(H,28,29)(H,30,31)/t20-,21+,23?/m0/s1. The van der Waals surface area contributed by atoms with Gasteiger partial charge in [-0.05, 0) is 29.8 Å². The molecule has 3 atom stereocenters. The Balaban J connectivity index is 1.70. The summed E-state index contributed by atoms with van der Waals surface area (Å²) in [6.07, 6.45) is -2.29. The van der Waals surface area contributed by atoms with E-state index >= 15 is 0 Å². The van der Waals surface area contributed by atoms with E-state index in [1.807, 2.05) is 0 Å². The Labute approximate surface area is 194 Å². The minimum atomic E-state index is -1.26. The van der Waals surface area contributed by atoms with Crippen molar-refractivity contribution in [3.8, 4) is 0 Å². The lowest BCUT2D eigenvalue weighted by Crippen LogP contribution is -2.27. The molecule has 1 aliphatic heterocycles. The zero-order valence-electron chi connectivity index (χ0n) is 17.8. The van der Waals surface area contributed by atoms with Crippen LogP contribution in [0, 0.1) is 0 Å². The maximum Gasteiger partial charge on any atom is 0.338 e. The molecule has 8 heteroatoms. The predicted molar refractivity (Wildman–Crippen MR) is 119 cm³/mol. The molecule has 2 N–H and O–H groups in total. The fraction of sp³-hybridized carbons (Fsp3) is 0.154. The summed E-state index contributed by atoms with van der Waals surface area (Å²) in [5.74, 6) is -4.67. The number of ether oxygens (including phenoxy) is 2. The van der Waals surface area contributed by atoms with E-state index in [1.165, 1.54) is 36.4 Å². The van der Waals surface area contributed by atoms with Crippen molar-refractivity contribution in [1.82, 2.24) is 0 Å². The second-order valence-electron chi connectivity index (χ2n) is 7.68. The van der Waals surface area contributed by atoms with E-state index in [0.29, 0.717) is 5.56 Å². The first kappa shape index (κ1) is 22.9. The van der Waals surface area contributed by atoms with Crippen molar-refractivity contribution >= 4 is 23.7 Å². The maximum absolute atomic E-state index is 13.5. The Morgan fingerprint density at radius 1 is 0.765 bits per heavy atom. The first-order chi connectivity index (χ1) is 16.4. The number of aromatic carboxylic acids is 2. The van der Waals surface area contributed by atoms with Gasteiger partial charge in [-0.25, -0.2) is 14.4 Å². The molecule has 3 aromatic carbocycles. The number of esters is 1. The van der Waals surface area contributed by atoms with Crippen LogP contribution in [0.2, 0.25) is 0 Å². The summed E-state index contributed by atoms with van der Waals surface area (Å²) in [7, 11) is 0. The quantitative estimate of drug-likeness (QED) is 0.511. The predicted octanol–water partition coefficient (Wildman–Crippen LogP) is 3.73. The third-order valence-electron chi connectivity index (χ3n) is 5.64. The lowest BCUT2D eigenvalue weighted by Gasteiger charge is -2.19. The highest BCUT2D eigenvalue weighted by atomic mass is 16.6. The number of rotatable bonds is 7. The molecular formula is C26H20O8. The second-order valence-corrected chi connectivity index (χ2v) is 7.68. The van der Waals surface area contributed by atoms with E-state index in [2.05, 4.69) is 0 Å². The van der Waals surface area contributed by atoms with Crippen LogP contribution in [0.1, 0.15) is 54.2 Å². The molecule has 4 rings (SSSR count). The van der Waals surface area contributed by atoms with Crippen LogP contribution in [0.25, 0.3) is 0 Å². The van der Waals surface area contributed by atoms with Gasteiger partial charge in [0.05, 0.1) is 22.6 Å². The Bertz CT molecular complexity index is 1250. The number of carbonyl (C=O) groups excluding carboxylic acids is 2. The van der Waals surface area contributed by atoms with E-state index in [0.717, 1.165) is 0 Å². The zero-order chi connectivity index (χ0) is 24.2. The number of carboxylic acid groups (broad SMARTS) is 2. The highest BCUT2D eigenvalue weighted by Gasteiger charge is 2.47. The summed E-state index contributed by atoms with van der Waals surface area (Å²) < 4.78 is 11.4. The molecular weight excluding hydrogens is 440 g/mol. The van der Waals surface area contributed by atoms with Gasteiger partial charge in [0.1, 0.15) is 18.8 Å². The van der Waals surface area contributed by atoms with Crippen molar-refractivity contribution in [2.75, 3.05) is 6.61 Å². The Morgan fingerprint density at radius 2 is 1.29 bits per heavy atom. The number of Topliss-reactive ketones (excluding diaryl/α,β-unsaturated/α-hetero) is 1. The highest BCUT2D eigenvalue weighted by Crippen LogP contribution is 2.42. The van der Waals surface area contributed by atoms with Gasteiger partial charge in [-0.3, -0.25) is 4.79 Å². The number of carbonyl (C=O) groups is 4. The molecule has 0 bridgehead atoms. The minimum absolute atomic E-state index is 0.0870. The van der Waals surface area contributed by atoms with Gasteiger partial charge < -0.3 is 19.7 Å². The molecule has 172 valence electrons.